The van der Waals surface area contributed by atoms with Crippen LogP contribution in [0.4, 0.5) is 11.4 Å². The van der Waals surface area contributed by atoms with Crippen molar-refractivity contribution in [1.29, 1.82) is 0 Å². The van der Waals surface area contributed by atoms with Gasteiger partial charge in [0.2, 0.25) is 15.9 Å². The average molecular weight is 413 g/mol. The number of hydrogen-bond acceptors (Lipinski definition) is 5. The molecular formula is C18H21ClN2O5S. The molecule has 1 amide bonds. The average Bonchev–Trinajstić information content (AvgIpc) is 2.61. The Kier molecular flexibility index (Phi) is 6.56. The van der Waals surface area contributed by atoms with E-state index in [4.69, 9.17) is 21.1 Å². The minimum absolute atomic E-state index is 0.235. The molecule has 0 unspecified atom stereocenters. The molecule has 0 aromatic heterocycles. The van der Waals surface area contributed by atoms with Gasteiger partial charge in [0, 0.05) is 16.8 Å². The third-order valence-corrected chi connectivity index (χ3v) is 5.18. The van der Waals surface area contributed by atoms with Crippen LogP contribution in [0.3, 0.4) is 0 Å². The zero-order valence-corrected chi connectivity index (χ0v) is 17.0. The van der Waals surface area contributed by atoms with E-state index >= 15 is 0 Å². The minimum Gasteiger partial charge on any atom is -0.497 e. The van der Waals surface area contributed by atoms with Crippen molar-refractivity contribution >= 4 is 38.9 Å². The van der Waals surface area contributed by atoms with Gasteiger partial charge >= 0.3 is 0 Å². The number of amides is 1. The first-order valence-corrected chi connectivity index (χ1v) is 10.1. The van der Waals surface area contributed by atoms with Gasteiger partial charge in [-0.05, 0) is 36.8 Å². The molecule has 0 saturated carbocycles. The highest BCUT2D eigenvalue weighted by Gasteiger charge is 2.24. The molecule has 0 aliphatic rings. The number of methoxy groups -OCH3 is 2. The lowest BCUT2D eigenvalue weighted by atomic mass is 10.2. The molecule has 0 atom stereocenters. The number of carbonyl (C=O) groups excluding carboxylic acids is 1. The van der Waals surface area contributed by atoms with Gasteiger partial charge in [-0.25, -0.2) is 8.42 Å². The topological polar surface area (TPSA) is 84.9 Å². The molecule has 0 saturated heterocycles. The molecule has 1 N–H and O–H groups in total. The van der Waals surface area contributed by atoms with Crippen LogP contribution in [0.2, 0.25) is 5.02 Å². The second-order valence-electron chi connectivity index (χ2n) is 5.81. The molecule has 9 heteroatoms. The maximum absolute atomic E-state index is 12.5. The van der Waals surface area contributed by atoms with Gasteiger partial charge in [-0.3, -0.25) is 9.10 Å². The smallest absolute Gasteiger partial charge is 0.245 e. The number of nitrogens with one attached hydrogen (secondary N) is 1. The van der Waals surface area contributed by atoms with E-state index in [0.717, 1.165) is 16.1 Å². The Balaban J connectivity index is 2.33. The van der Waals surface area contributed by atoms with Gasteiger partial charge < -0.3 is 14.8 Å². The molecule has 146 valence electrons. The zero-order chi connectivity index (χ0) is 20.2. The second-order valence-corrected chi connectivity index (χ2v) is 8.16. The van der Waals surface area contributed by atoms with Gasteiger partial charge in [-0.15, -0.1) is 0 Å². The summed E-state index contributed by atoms with van der Waals surface area (Å²) in [4.78, 5) is 12.5. The lowest BCUT2D eigenvalue weighted by Crippen LogP contribution is -2.37. The van der Waals surface area contributed by atoms with Crippen LogP contribution in [-0.2, 0) is 14.8 Å². The summed E-state index contributed by atoms with van der Waals surface area (Å²) in [6, 6.07) is 9.74. The predicted octanol–water partition coefficient (Wildman–Crippen LogP) is 3.07. The summed E-state index contributed by atoms with van der Waals surface area (Å²) >= 11 is 5.96. The third-order valence-electron chi connectivity index (χ3n) is 3.82. The number of nitrogens with zero attached hydrogens (tertiary/aromatic N) is 1. The number of halogens is 1. The van der Waals surface area contributed by atoms with Crippen LogP contribution in [0.5, 0.6) is 11.5 Å². The largest absolute Gasteiger partial charge is 0.497 e. The Morgan fingerprint density at radius 3 is 2.44 bits per heavy atom. The molecule has 0 radical (unpaired) electrons. The highest BCUT2D eigenvalue weighted by molar-refractivity contribution is 7.92. The van der Waals surface area contributed by atoms with Gasteiger partial charge in [-0.1, -0.05) is 17.7 Å². The summed E-state index contributed by atoms with van der Waals surface area (Å²) in [5.41, 5.74) is 1.56. The van der Waals surface area contributed by atoms with Crippen molar-refractivity contribution in [3.63, 3.8) is 0 Å². The highest BCUT2D eigenvalue weighted by Crippen LogP contribution is 2.33. The first-order chi connectivity index (χ1) is 12.7. The standard InChI is InChI=1S/C18H21ClN2O5S/c1-12-5-6-13(19)9-15(12)20-18(22)11-21(27(4,23)24)16-8-7-14(25-2)10-17(16)26-3/h5-10H,11H2,1-4H3,(H,20,22). The Hall–Kier alpha value is -2.45. The molecule has 2 aromatic carbocycles. The van der Waals surface area contributed by atoms with Crippen molar-refractivity contribution in [2.24, 2.45) is 0 Å². The van der Waals surface area contributed by atoms with E-state index in [1.807, 2.05) is 6.92 Å². The van der Waals surface area contributed by atoms with Gasteiger partial charge in [0.1, 0.15) is 18.0 Å². The van der Waals surface area contributed by atoms with Crippen LogP contribution in [0.25, 0.3) is 0 Å². The maximum atomic E-state index is 12.5. The third kappa shape index (κ3) is 5.27. The first kappa shape index (κ1) is 20.9. The monoisotopic (exact) mass is 412 g/mol. The molecule has 0 spiro atoms. The number of rotatable bonds is 7. The van der Waals surface area contributed by atoms with E-state index in [1.54, 1.807) is 30.3 Å². The van der Waals surface area contributed by atoms with E-state index in [-0.39, 0.29) is 11.4 Å². The molecule has 7 nitrogen and oxygen atoms in total. The van der Waals surface area contributed by atoms with Crippen molar-refractivity contribution in [3.8, 4) is 11.5 Å². The Morgan fingerprint density at radius 2 is 1.85 bits per heavy atom. The summed E-state index contributed by atoms with van der Waals surface area (Å²) < 4.78 is 36.0. The van der Waals surface area contributed by atoms with Crippen LogP contribution in [0.1, 0.15) is 5.56 Å². The summed E-state index contributed by atoms with van der Waals surface area (Å²) in [5, 5.41) is 3.15. The van der Waals surface area contributed by atoms with Gasteiger partial charge in [-0.2, -0.15) is 0 Å². The first-order valence-electron chi connectivity index (χ1n) is 7.91. The maximum Gasteiger partial charge on any atom is 0.245 e. The lowest BCUT2D eigenvalue weighted by Gasteiger charge is -2.24. The number of carbonyl (C=O) groups is 1. The van der Waals surface area contributed by atoms with E-state index in [0.29, 0.717) is 16.5 Å². The number of anilines is 2. The fourth-order valence-corrected chi connectivity index (χ4v) is 3.45. The number of aryl methyl sites for hydroxylation is 1. The molecule has 0 fully saturated rings. The van der Waals surface area contributed by atoms with Crippen LogP contribution in [-0.4, -0.2) is 41.3 Å². The summed E-state index contributed by atoms with van der Waals surface area (Å²) in [6.07, 6.45) is 1.02. The van der Waals surface area contributed by atoms with Crippen molar-refractivity contribution in [2.45, 2.75) is 6.92 Å². The van der Waals surface area contributed by atoms with Gasteiger partial charge in [0.25, 0.3) is 0 Å². The van der Waals surface area contributed by atoms with Crippen LogP contribution >= 0.6 is 11.6 Å². The Labute approximate surface area is 163 Å². The van der Waals surface area contributed by atoms with Crippen molar-refractivity contribution in [3.05, 3.63) is 47.0 Å². The summed E-state index contributed by atoms with van der Waals surface area (Å²) in [5.74, 6) is 0.262. The van der Waals surface area contributed by atoms with Crippen molar-refractivity contribution in [1.82, 2.24) is 0 Å². The second kappa shape index (κ2) is 8.49. The SMILES string of the molecule is COc1ccc(N(CC(=O)Nc2cc(Cl)ccc2C)S(C)(=O)=O)c(OC)c1. The van der Waals surface area contributed by atoms with E-state index in [2.05, 4.69) is 5.32 Å². The minimum atomic E-state index is -3.75. The fraction of sp³-hybridized carbons (Fsp3) is 0.278. The van der Waals surface area contributed by atoms with Crippen LogP contribution < -0.4 is 19.1 Å². The normalized spacial score (nSPS) is 11.0. The van der Waals surface area contributed by atoms with Crippen LogP contribution in [0.15, 0.2) is 36.4 Å². The quantitative estimate of drug-likeness (QED) is 0.755. The fourth-order valence-electron chi connectivity index (χ4n) is 2.42. The molecule has 2 aromatic rings. The predicted molar refractivity (Wildman–Crippen MR) is 107 cm³/mol. The highest BCUT2D eigenvalue weighted by atomic mass is 35.5. The molecule has 2 rings (SSSR count). The number of hydrogen-bond donors (Lipinski definition) is 1. The van der Waals surface area contributed by atoms with Gasteiger partial charge in [0.15, 0.2) is 0 Å². The van der Waals surface area contributed by atoms with E-state index < -0.39 is 22.5 Å². The van der Waals surface area contributed by atoms with E-state index in [9.17, 15) is 13.2 Å². The molecule has 0 heterocycles. The summed E-state index contributed by atoms with van der Waals surface area (Å²) in [6.45, 7) is 1.39. The molecule has 0 aliphatic carbocycles. The molecule has 0 bridgehead atoms. The number of sulfonamides is 1. The van der Waals surface area contributed by atoms with E-state index in [1.165, 1.54) is 20.3 Å². The van der Waals surface area contributed by atoms with Crippen LogP contribution in [0, 0.1) is 6.92 Å². The molecular weight excluding hydrogens is 392 g/mol. The van der Waals surface area contributed by atoms with Gasteiger partial charge in [0.05, 0.1) is 26.2 Å². The van der Waals surface area contributed by atoms with Crippen molar-refractivity contribution in [2.75, 3.05) is 36.6 Å². The lowest BCUT2D eigenvalue weighted by molar-refractivity contribution is -0.114. The molecule has 27 heavy (non-hydrogen) atoms. The molecule has 0 aliphatic heterocycles. The Bertz CT molecular complexity index is 947. The summed E-state index contributed by atoms with van der Waals surface area (Å²) in [7, 11) is -0.850. The zero-order valence-electron chi connectivity index (χ0n) is 15.4. The number of benzene rings is 2. The van der Waals surface area contributed by atoms with Crippen molar-refractivity contribution < 1.29 is 22.7 Å². The number of ether oxygens (including phenoxy) is 2. The Morgan fingerprint density at radius 1 is 1.15 bits per heavy atom.